The number of hydrogen-bond donors (Lipinski definition) is 3. The molecule has 38 heavy (non-hydrogen) atoms. The lowest BCUT2D eigenvalue weighted by atomic mass is 9.69. The molecule has 0 amide bonds. The summed E-state index contributed by atoms with van der Waals surface area (Å²) in [4.78, 5) is 17.3. The van der Waals surface area contributed by atoms with E-state index in [0.717, 1.165) is 41.2 Å². The number of nitrogens with zero attached hydrogens (tertiary/aromatic N) is 2. The lowest BCUT2D eigenvalue weighted by Gasteiger charge is -2.33. The van der Waals surface area contributed by atoms with Gasteiger partial charge in [-0.25, -0.2) is 4.98 Å². The molecular formula is C32H44N4O2. The van der Waals surface area contributed by atoms with Crippen molar-refractivity contribution in [3.63, 3.8) is 0 Å². The predicted octanol–water partition coefficient (Wildman–Crippen LogP) is 6.93. The molecule has 3 aromatic rings. The Balaban J connectivity index is 1.71. The van der Waals surface area contributed by atoms with Crippen LogP contribution in [0.15, 0.2) is 42.7 Å². The van der Waals surface area contributed by atoms with Crippen molar-refractivity contribution < 1.29 is 9.90 Å². The third-order valence-corrected chi connectivity index (χ3v) is 8.70. The Morgan fingerprint density at radius 1 is 1.16 bits per heavy atom. The van der Waals surface area contributed by atoms with Gasteiger partial charge < -0.3 is 20.7 Å². The number of hydrogen-bond acceptors (Lipinski definition) is 4. The number of carboxylic acid groups (broad SMARTS) is 1. The molecule has 2 aromatic carbocycles. The first-order valence-corrected chi connectivity index (χ1v) is 14.0. The van der Waals surface area contributed by atoms with Crippen molar-refractivity contribution in [1.82, 2.24) is 9.55 Å². The SMILES string of the molecule is CNc1ccc(C(c2ccc(C)c(Cn3ccnc3CC3CCCCCC3)c2)C(C)(C)C(=O)O)c(C)c1N. The minimum Gasteiger partial charge on any atom is -0.481 e. The van der Waals surface area contributed by atoms with Crippen LogP contribution >= 0.6 is 0 Å². The number of aromatic nitrogens is 2. The fourth-order valence-electron chi connectivity index (χ4n) is 6.11. The van der Waals surface area contributed by atoms with Crippen molar-refractivity contribution in [1.29, 1.82) is 0 Å². The van der Waals surface area contributed by atoms with Crippen LogP contribution in [0.1, 0.15) is 91.9 Å². The molecule has 6 heteroatoms. The summed E-state index contributed by atoms with van der Waals surface area (Å²) in [5.41, 5.74) is 12.2. The molecule has 0 spiro atoms. The summed E-state index contributed by atoms with van der Waals surface area (Å²) >= 11 is 0. The average Bonchev–Trinajstić information content (AvgIpc) is 3.14. The number of carbonyl (C=O) groups is 1. The number of nitrogen functional groups attached to an aromatic ring is 1. The topological polar surface area (TPSA) is 93.2 Å². The van der Waals surface area contributed by atoms with Gasteiger partial charge >= 0.3 is 5.97 Å². The second-order valence-corrected chi connectivity index (χ2v) is 11.7. The van der Waals surface area contributed by atoms with Crippen LogP contribution in [-0.2, 0) is 17.8 Å². The van der Waals surface area contributed by atoms with Crippen LogP contribution < -0.4 is 11.1 Å². The third kappa shape index (κ3) is 5.74. The maximum absolute atomic E-state index is 12.5. The van der Waals surface area contributed by atoms with Crippen molar-refractivity contribution in [2.45, 2.75) is 85.1 Å². The van der Waals surface area contributed by atoms with Gasteiger partial charge in [0.25, 0.3) is 0 Å². The van der Waals surface area contributed by atoms with Crippen molar-refractivity contribution in [3.05, 3.63) is 76.4 Å². The van der Waals surface area contributed by atoms with Crippen LogP contribution in [0, 0.1) is 25.2 Å². The van der Waals surface area contributed by atoms with E-state index in [1.54, 1.807) is 0 Å². The summed E-state index contributed by atoms with van der Waals surface area (Å²) in [5, 5.41) is 13.4. The molecule has 204 valence electrons. The van der Waals surface area contributed by atoms with Gasteiger partial charge in [0.2, 0.25) is 0 Å². The molecule has 6 nitrogen and oxygen atoms in total. The highest BCUT2D eigenvalue weighted by molar-refractivity contribution is 5.78. The number of benzene rings is 2. The van der Waals surface area contributed by atoms with E-state index < -0.39 is 11.4 Å². The first-order valence-electron chi connectivity index (χ1n) is 14.0. The molecule has 0 saturated heterocycles. The van der Waals surface area contributed by atoms with Gasteiger partial charge in [-0.2, -0.15) is 0 Å². The summed E-state index contributed by atoms with van der Waals surface area (Å²) in [6.07, 6.45) is 13.0. The van der Waals surface area contributed by atoms with Crippen LogP contribution in [0.25, 0.3) is 0 Å². The lowest BCUT2D eigenvalue weighted by Crippen LogP contribution is -2.32. The highest BCUT2D eigenvalue weighted by Gasteiger charge is 2.40. The molecule has 4 N–H and O–H groups in total. The van der Waals surface area contributed by atoms with E-state index in [1.807, 2.05) is 46.1 Å². The molecule has 1 aliphatic carbocycles. The van der Waals surface area contributed by atoms with Gasteiger partial charge in [-0.3, -0.25) is 4.79 Å². The van der Waals surface area contributed by atoms with Gasteiger partial charge in [0, 0.05) is 38.3 Å². The van der Waals surface area contributed by atoms with Gasteiger partial charge in [-0.15, -0.1) is 0 Å². The zero-order chi connectivity index (χ0) is 27.4. The summed E-state index contributed by atoms with van der Waals surface area (Å²) in [7, 11) is 1.84. The standard InChI is InChI=1S/C32H44N4O2/c1-21-12-13-24(29(32(3,4)31(37)38)26-14-15-27(34-5)30(33)22(26)2)19-25(21)20-36-17-16-35-28(36)18-23-10-8-6-7-9-11-23/h12-17,19,23,29,34H,6-11,18,20,33H2,1-5H3,(H,37,38). The van der Waals surface area contributed by atoms with E-state index in [1.165, 1.54) is 49.7 Å². The normalized spacial score (nSPS) is 15.7. The first-order chi connectivity index (χ1) is 18.1. The average molecular weight is 517 g/mol. The molecule has 1 aromatic heterocycles. The maximum Gasteiger partial charge on any atom is 0.310 e. The number of rotatable bonds is 9. The Kier molecular flexibility index (Phi) is 8.49. The predicted molar refractivity (Wildman–Crippen MR) is 156 cm³/mol. The molecule has 1 unspecified atom stereocenters. The first kappa shape index (κ1) is 27.7. The summed E-state index contributed by atoms with van der Waals surface area (Å²) in [5.74, 6) is 0.664. The van der Waals surface area contributed by atoms with Crippen molar-refractivity contribution in [3.8, 4) is 0 Å². The Hall–Kier alpha value is -3.28. The fourth-order valence-corrected chi connectivity index (χ4v) is 6.11. The van der Waals surface area contributed by atoms with Crippen molar-refractivity contribution >= 4 is 17.3 Å². The van der Waals surface area contributed by atoms with E-state index >= 15 is 0 Å². The maximum atomic E-state index is 12.5. The molecule has 0 radical (unpaired) electrons. The van der Waals surface area contributed by atoms with E-state index in [2.05, 4.69) is 41.2 Å². The summed E-state index contributed by atoms with van der Waals surface area (Å²) < 4.78 is 2.28. The lowest BCUT2D eigenvalue weighted by molar-refractivity contribution is -0.147. The molecule has 4 rings (SSSR count). The highest BCUT2D eigenvalue weighted by atomic mass is 16.4. The van der Waals surface area contributed by atoms with E-state index in [9.17, 15) is 9.90 Å². The van der Waals surface area contributed by atoms with Crippen LogP contribution in [0.2, 0.25) is 0 Å². The van der Waals surface area contributed by atoms with Gasteiger partial charge in [0.15, 0.2) is 0 Å². The molecule has 1 heterocycles. The van der Waals surface area contributed by atoms with Crippen LogP contribution in [0.5, 0.6) is 0 Å². The molecule has 1 fully saturated rings. The molecule has 0 aliphatic heterocycles. The Labute approximate surface area is 227 Å². The molecule has 1 atom stereocenters. The zero-order valence-corrected chi connectivity index (χ0v) is 23.7. The van der Waals surface area contributed by atoms with Crippen LogP contribution in [0.3, 0.4) is 0 Å². The quantitative estimate of drug-likeness (QED) is 0.212. The number of aryl methyl sites for hydroxylation is 1. The number of carboxylic acids is 1. The van der Waals surface area contributed by atoms with E-state index in [4.69, 9.17) is 10.7 Å². The second kappa shape index (κ2) is 11.6. The van der Waals surface area contributed by atoms with Gasteiger partial charge in [0.1, 0.15) is 5.82 Å². The Morgan fingerprint density at radius 2 is 1.87 bits per heavy atom. The molecular weight excluding hydrogens is 472 g/mol. The third-order valence-electron chi connectivity index (χ3n) is 8.70. The second-order valence-electron chi connectivity index (χ2n) is 11.7. The minimum absolute atomic E-state index is 0.360. The fraction of sp³-hybridized carbons (Fsp3) is 0.500. The molecule has 0 bridgehead atoms. The Bertz CT molecular complexity index is 1270. The number of nitrogens with two attached hydrogens (primary N) is 1. The summed E-state index contributed by atoms with van der Waals surface area (Å²) in [6, 6.07) is 10.4. The smallest absolute Gasteiger partial charge is 0.310 e. The summed E-state index contributed by atoms with van der Waals surface area (Å²) in [6.45, 7) is 8.45. The van der Waals surface area contributed by atoms with Crippen LogP contribution in [0.4, 0.5) is 11.4 Å². The van der Waals surface area contributed by atoms with Gasteiger partial charge in [0.05, 0.1) is 16.8 Å². The number of imidazole rings is 1. The molecule has 1 aliphatic rings. The number of nitrogens with one attached hydrogen (secondary N) is 1. The highest BCUT2D eigenvalue weighted by Crippen LogP contribution is 2.45. The zero-order valence-electron chi connectivity index (χ0n) is 23.7. The van der Waals surface area contributed by atoms with Crippen LogP contribution in [-0.4, -0.2) is 27.7 Å². The number of anilines is 2. The van der Waals surface area contributed by atoms with E-state index in [-0.39, 0.29) is 5.92 Å². The Morgan fingerprint density at radius 3 is 2.53 bits per heavy atom. The molecule has 1 saturated carbocycles. The van der Waals surface area contributed by atoms with Crippen molar-refractivity contribution in [2.75, 3.05) is 18.1 Å². The van der Waals surface area contributed by atoms with Crippen molar-refractivity contribution in [2.24, 2.45) is 11.3 Å². The van der Waals surface area contributed by atoms with E-state index in [0.29, 0.717) is 11.6 Å². The monoisotopic (exact) mass is 516 g/mol. The number of aliphatic carboxylic acids is 1. The minimum atomic E-state index is -1.04. The van der Waals surface area contributed by atoms with Gasteiger partial charge in [-0.05, 0) is 67.5 Å². The van der Waals surface area contributed by atoms with Gasteiger partial charge in [-0.1, -0.05) is 62.8 Å². The largest absolute Gasteiger partial charge is 0.481 e.